The second kappa shape index (κ2) is 8.84. The number of alkyl halides is 3. The molecule has 0 aromatic rings. The van der Waals surface area contributed by atoms with Gasteiger partial charge in [0.05, 0.1) is 0 Å². The molecule has 0 aliphatic carbocycles. The first-order valence-corrected chi connectivity index (χ1v) is 4.90. The van der Waals surface area contributed by atoms with Crippen LogP contribution in [0.2, 0.25) is 0 Å². The molecule has 0 heterocycles. The zero-order valence-electron chi connectivity index (χ0n) is 8.71. The molecule has 0 aliphatic heterocycles. The molecule has 0 spiro atoms. The minimum absolute atomic E-state index is 1.02. The number of thiol groups is 1. The van der Waals surface area contributed by atoms with Crippen molar-refractivity contribution in [2.75, 3.05) is 26.4 Å². The van der Waals surface area contributed by atoms with Crippen LogP contribution in [-0.2, 0) is 4.79 Å². The van der Waals surface area contributed by atoms with E-state index in [1.54, 1.807) is 0 Å². The van der Waals surface area contributed by atoms with E-state index in [0.29, 0.717) is 0 Å². The number of aliphatic carboxylic acids is 1. The molecule has 0 rings (SSSR count). The number of hydrogen-bond acceptors (Lipinski definition) is 3. The SMILES string of the molecule is CN(C)CCCCS.O=C(O)C(F)(F)F. The molecule has 0 unspecified atom stereocenters. The molecule has 0 bridgehead atoms. The van der Waals surface area contributed by atoms with Gasteiger partial charge in [-0.2, -0.15) is 25.8 Å². The fraction of sp³-hybridized carbons (Fsp3) is 0.875. The molecule has 0 saturated carbocycles. The fourth-order valence-electron chi connectivity index (χ4n) is 0.540. The maximum Gasteiger partial charge on any atom is 0.490 e. The number of halogens is 3. The predicted octanol–water partition coefficient (Wildman–Crippen LogP) is 1.89. The quantitative estimate of drug-likeness (QED) is 0.589. The summed E-state index contributed by atoms with van der Waals surface area (Å²) < 4.78 is 31.7. The summed E-state index contributed by atoms with van der Waals surface area (Å²) in [4.78, 5) is 11.1. The average molecular weight is 247 g/mol. The van der Waals surface area contributed by atoms with Gasteiger partial charge in [-0.3, -0.25) is 0 Å². The topological polar surface area (TPSA) is 40.5 Å². The lowest BCUT2D eigenvalue weighted by molar-refractivity contribution is -0.192. The van der Waals surface area contributed by atoms with Gasteiger partial charge in [-0.1, -0.05) is 0 Å². The summed E-state index contributed by atoms with van der Waals surface area (Å²) in [7, 11) is 4.19. The first-order valence-electron chi connectivity index (χ1n) is 4.27. The van der Waals surface area contributed by atoms with Crippen molar-refractivity contribution < 1.29 is 23.1 Å². The number of rotatable bonds is 4. The third-order valence-corrected chi connectivity index (χ3v) is 1.57. The Bertz CT molecular complexity index is 174. The standard InChI is InChI=1S/C6H15NS.C2HF3O2/c1-7(2)5-3-4-6-8;3-2(4,5)1(6)7/h8H,3-6H2,1-2H3;(H,6,7). The minimum atomic E-state index is -5.08. The van der Waals surface area contributed by atoms with E-state index in [1.165, 1.54) is 19.4 Å². The highest BCUT2D eigenvalue weighted by atomic mass is 32.1. The first-order chi connectivity index (χ1) is 6.71. The molecule has 0 amide bonds. The summed E-state index contributed by atoms with van der Waals surface area (Å²) >= 11 is 4.10. The van der Waals surface area contributed by atoms with Crippen LogP contribution in [-0.4, -0.2) is 48.5 Å². The van der Waals surface area contributed by atoms with Crippen LogP contribution in [0.15, 0.2) is 0 Å². The summed E-state index contributed by atoms with van der Waals surface area (Å²) in [5.41, 5.74) is 0. The lowest BCUT2D eigenvalue weighted by Gasteiger charge is -2.06. The van der Waals surface area contributed by atoms with Crippen molar-refractivity contribution >= 4 is 18.6 Å². The van der Waals surface area contributed by atoms with Gasteiger partial charge in [0.2, 0.25) is 0 Å². The summed E-state index contributed by atoms with van der Waals surface area (Å²) in [6.07, 6.45) is -2.57. The van der Waals surface area contributed by atoms with Crippen LogP contribution in [0.3, 0.4) is 0 Å². The van der Waals surface area contributed by atoms with Gasteiger partial charge in [-0.15, -0.1) is 0 Å². The van der Waals surface area contributed by atoms with Crippen molar-refractivity contribution in [2.24, 2.45) is 0 Å². The van der Waals surface area contributed by atoms with Crippen molar-refractivity contribution in [1.29, 1.82) is 0 Å². The highest BCUT2D eigenvalue weighted by Crippen LogP contribution is 2.13. The van der Waals surface area contributed by atoms with E-state index in [1.807, 2.05) is 0 Å². The Morgan fingerprint density at radius 1 is 1.33 bits per heavy atom. The van der Waals surface area contributed by atoms with E-state index < -0.39 is 12.1 Å². The van der Waals surface area contributed by atoms with Gasteiger partial charge in [0.1, 0.15) is 0 Å². The first kappa shape index (κ1) is 17.0. The zero-order chi connectivity index (χ0) is 12.5. The average Bonchev–Trinajstić information content (AvgIpc) is 2.03. The van der Waals surface area contributed by atoms with E-state index in [0.717, 1.165) is 5.75 Å². The largest absolute Gasteiger partial charge is 0.490 e. The highest BCUT2D eigenvalue weighted by Gasteiger charge is 2.38. The van der Waals surface area contributed by atoms with Gasteiger partial charge in [0.15, 0.2) is 0 Å². The van der Waals surface area contributed by atoms with Crippen LogP contribution in [0.1, 0.15) is 12.8 Å². The van der Waals surface area contributed by atoms with Crippen LogP contribution >= 0.6 is 12.6 Å². The number of carboxylic acid groups (broad SMARTS) is 1. The Labute approximate surface area is 92.7 Å². The molecule has 0 fully saturated rings. The number of hydrogen-bond donors (Lipinski definition) is 2. The smallest absolute Gasteiger partial charge is 0.475 e. The zero-order valence-corrected chi connectivity index (χ0v) is 9.61. The third-order valence-electron chi connectivity index (χ3n) is 1.26. The fourth-order valence-corrected chi connectivity index (χ4v) is 0.763. The monoisotopic (exact) mass is 247 g/mol. The molecule has 3 nitrogen and oxygen atoms in total. The normalized spacial score (nSPS) is 10.9. The van der Waals surface area contributed by atoms with Crippen molar-refractivity contribution in [3.63, 3.8) is 0 Å². The lowest BCUT2D eigenvalue weighted by Crippen LogP contribution is -2.21. The Balaban J connectivity index is 0. The molecule has 15 heavy (non-hydrogen) atoms. The molecule has 92 valence electrons. The molecule has 0 aliphatic rings. The second-order valence-electron chi connectivity index (χ2n) is 3.04. The van der Waals surface area contributed by atoms with Crippen molar-refractivity contribution in [2.45, 2.75) is 19.0 Å². The van der Waals surface area contributed by atoms with Gasteiger partial charge in [-0.05, 0) is 39.2 Å². The maximum atomic E-state index is 10.6. The molecule has 7 heteroatoms. The Kier molecular flexibility index (Phi) is 10.0. The molecule has 0 saturated heterocycles. The Morgan fingerprint density at radius 3 is 1.93 bits per heavy atom. The van der Waals surface area contributed by atoms with Crippen LogP contribution < -0.4 is 0 Å². The van der Waals surface area contributed by atoms with E-state index in [9.17, 15) is 13.2 Å². The van der Waals surface area contributed by atoms with E-state index in [4.69, 9.17) is 9.90 Å². The number of carboxylic acids is 1. The van der Waals surface area contributed by atoms with Crippen LogP contribution in [0.5, 0.6) is 0 Å². The van der Waals surface area contributed by atoms with Crippen molar-refractivity contribution in [1.82, 2.24) is 4.90 Å². The summed E-state index contributed by atoms with van der Waals surface area (Å²) in [5.74, 6) is -1.74. The third kappa shape index (κ3) is 16.3. The highest BCUT2D eigenvalue weighted by molar-refractivity contribution is 7.80. The van der Waals surface area contributed by atoms with Gasteiger partial charge in [-0.25, -0.2) is 4.79 Å². The van der Waals surface area contributed by atoms with E-state index >= 15 is 0 Å². The maximum absolute atomic E-state index is 10.6. The van der Waals surface area contributed by atoms with Gasteiger partial charge in [0.25, 0.3) is 0 Å². The van der Waals surface area contributed by atoms with Gasteiger partial charge < -0.3 is 10.0 Å². The molecular formula is C8H16F3NO2S. The molecule has 0 radical (unpaired) electrons. The van der Waals surface area contributed by atoms with E-state index in [-0.39, 0.29) is 0 Å². The summed E-state index contributed by atoms with van der Waals surface area (Å²) in [6.45, 7) is 1.20. The number of nitrogens with zero attached hydrogens (tertiary/aromatic N) is 1. The second-order valence-corrected chi connectivity index (χ2v) is 3.48. The molecule has 0 aromatic carbocycles. The van der Waals surface area contributed by atoms with Crippen molar-refractivity contribution in [3.8, 4) is 0 Å². The summed E-state index contributed by atoms with van der Waals surface area (Å²) in [5, 5.41) is 7.12. The van der Waals surface area contributed by atoms with Gasteiger partial charge in [0, 0.05) is 0 Å². The van der Waals surface area contributed by atoms with E-state index in [2.05, 4.69) is 31.6 Å². The summed E-state index contributed by atoms with van der Waals surface area (Å²) in [6, 6.07) is 0. The Morgan fingerprint density at radius 2 is 1.73 bits per heavy atom. The molecule has 0 atom stereocenters. The van der Waals surface area contributed by atoms with Crippen LogP contribution in [0, 0.1) is 0 Å². The van der Waals surface area contributed by atoms with Gasteiger partial charge >= 0.3 is 12.1 Å². The minimum Gasteiger partial charge on any atom is -0.475 e. The number of unbranched alkanes of at least 4 members (excludes halogenated alkanes) is 1. The van der Waals surface area contributed by atoms with Crippen LogP contribution in [0.4, 0.5) is 13.2 Å². The predicted molar refractivity (Wildman–Crippen MR) is 55.3 cm³/mol. The molecule has 0 aromatic heterocycles. The Hall–Kier alpha value is -0.430. The lowest BCUT2D eigenvalue weighted by atomic mass is 10.3. The molecular weight excluding hydrogens is 231 g/mol. The number of carbonyl (C=O) groups is 1. The van der Waals surface area contributed by atoms with Crippen molar-refractivity contribution in [3.05, 3.63) is 0 Å². The van der Waals surface area contributed by atoms with Crippen LogP contribution in [0.25, 0.3) is 0 Å². The molecule has 1 N–H and O–H groups in total.